The minimum Gasteiger partial charge on any atom is -0.360 e. The minimum atomic E-state index is -3.46. The molecule has 0 bridgehead atoms. The Kier molecular flexibility index (Phi) is 3.87. The number of hydrogen-bond donors (Lipinski definition) is 2. The van der Waals surface area contributed by atoms with Crippen LogP contribution in [0.3, 0.4) is 0 Å². The summed E-state index contributed by atoms with van der Waals surface area (Å²) in [5.74, 6) is 0. The van der Waals surface area contributed by atoms with Gasteiger partial charge in [-0.2, -0.15) is 0 Å². The molecular formula is C6H10BrN3O2S2. The highest BCUT2D eigenvalue weighted by atomic mass is 79.9. The summed E-state index contributed by atoms with van der Waals surface area (Å²) in [6, 6.07) is 0. The van der Waals surface area contributed by atoms with Gasteiger partial charge in [0.25, 0.3) is 0 Å². The molecule has 0 saturated carbocycles. The Morgan fingerprint density at radius 1 is 1.79 bits per heavy atom. The number of halogens is 1. The largest absolute Gasteiger partial charge is 0.360 e. The SMILES string of the molecule is CC(CNc1ncc(Br)s1)S(N)(=O)=O. The van der Waals surface area contributed by atoms with E-state index in [0.29, 0.717) is 5.13 Å². The first-order valence-corrected chi connectivity index (χ1v) is 6.98. The predicted octanol–water partition coefficient (Wildman–Crippen LogP) is 0.994. The fourth-order valence-electron chi connectivity index (χ4n) is 0.683. The zero-order valence-electron chi connectivity index (χ0n) is 7.40. The van der Waals surface area contributed by atoms with E-state index >= 15 is 0 Å². The van der Waals surface area contributed by atoms with E-state index < -0.39 is 15.3 Å². The van der Waals surface area contributed by atoms with Gasteiger partial charge in [0.15, 0.2) is 5.13 Å². The second-order valence-corrected chi connectivity index (χ2v) is 7.14. The Labute approximate surface area is 94.9 Å². The molecule has 0 saturated heterocycles. The van der Waals surface area contributed by atoms with Gasteiger partial charge in [-0.3, -0.25) is 0 Å². The molecular weight excluding hydrogens is 290 g/mol. The van der Waals surface area contributed by atoms with Crippen molar-refractivity contribution in [1.82, 2.24) is 4.98 Å². The molecule has 0 radical (unpaired) electrons. The maximum atomic E-state index is 10.9. The number of nitrogens with two attached hydrogens (primary N) is 1. The van der Waals surface area contributed by atoms with Gasteiger partial charge < -0.3 is 5.32 Å². The molecule has 1 aromatic rings. The Balaban J connectivity index is 2.50. The summed E-state index contributed by atoms with van der Waals surface area (Å²) < 4.78 is 22.6. The lowest BCUT2D eigenvalue weighted by Gasteiger charge is -2.08. The summed E-state index contributed by atoms with van der Waals surface area (Å²) in [7, 11) is -3.46. The van der Waals surface area contributed by atoms with Gasteiger partial charge in [0.1, 0.15) is 0 Å². The van der Waals surface area contributed by atoms with Gasteiger partial charge in [0, 0.05) is 6.54 Å². The van der Waals surface area contributed by atoms with Crippen molar-refractivity contribution in [2.45, 2.75) is 12.2 Å². The molecule has 0 amide bonds. The predicted molar refractivity (Wildman–Crippen MR) is 60.9 cm³/mol. The molecule has 0 aromatic carbocycles. The lowest BCUT2D eigenvalue weighted by atomic mass is 10.5. The van der Waals surface area contributed by atoms with Crippen LogP contribution in [0, 0.1) is 0 Å². The van der Waals surface area contributed by atoms with Crippen LogP contribution in [0.1, 0.15) is 6.92 Å². The number of thiazole rings is 1. The van der Waals surface area contributed by atoms with Crippen LogP contribution in [0.25, 0.3) is 0 Å². The first-order chi connectivity index (χ1) is 6.39. The van der Waals surface area contributed by atoms with Crippen LogP contribution in [0.4, 0.5) is 5.13 Å². The van der Waals surface area contributed by atoms with Crippen LogP contribution in [0.15, 0.2) is 9.98 Å². The zero-order chi connectivity index (χ0) is 10.8. The van der Waals surface area contributed by atoms with Crippen molar-refractivity contribution >= 4 is 42.4 Å². The van der Waals surface area contributed by atoms with Crippen molar-refractivity contribution in [3.8, 4) is 0 Å². The Hall–Kier alpha value is -0.180. The van der Waals surface area contributed by atoms with E-state index in [2.05, 4.69) is 26.2 Å². The highest BCUT2D eigenvalue weighted by Gasteiger charge is 2.15. The average molecular weight is 300 g/mol. The third-order valence-corrected chi connectivity index (χ3v) is 4.30. The van der Waals surface area contributed by atoms with Gasteiger partial charge in [-0.05, 0) is 22.9 Å². The maximum absolute atomic E-state index is 10.9. The summed E-state index contributed by atoms with van der Waals surface area (Å²) in [5, 5.41) is 7.90. The smallest absolute Gasteiger partial charge is 0.213 e. The van der Waals surface area contributed by atoms with E-state index in [-0.39, 0.29) is 6.54 Å². The van der Waals surface area contributed by atoms with E-state index in [1.807, 2.05) is 0 Å². The van der Waals surface area contributed by atoms with Gasteiger partial charge in [0.05, 0.1) is 15.2 Å². The zero-order valence-corrected chi connectivity index (χ0v) is 10.6. The molecule has 14 heavy (non-hydrogen) atoms. The Bertz CT molecular complexity index is 403. The van der Waals surface area contributed by atoms with Crippen LogP contribution < -0.4 is 10.5 Å². The number of hydrogen-bond acceptors (Lipinski definition) is 5. The number of aromatic nitrogens is 1. The molecule has 80 valence electrons. The van der Waals surface area contributed by atoms with E-state index in [1.54, 1.807) is 13.1 Å². The van der Waals surface area contributed by atoms with Crippen molar-refractivity contribution in [2.75, 3.05) is 11.9 Å². The molecule has 1 heterocycles. The van der Waals surface area contributed by atoms with Crippen molar-refractivity contribution in [3.05, 3.63) is 9.98 Å². The number of nitrogens with zero attached hydrogens (tertiary/aromatic N) is 1. The molecule has 0 aliphatic rings. The Morgan fingerprint density at radius 2 is 2.43 bits per heavy atom. The molecule has 3 N–H and O–H groups in total. The van der Waals surface area contributed by atoms with Gasteiger partial charge in [-0.15, -0.1) is 0 Å². The number of rotatable bonds is 4. The van der Waals surface area contributed by atoms with Gasteiger partial charge in [-0.1, -0.05) is 11.3 Å². The molecule has 0 aliphatic carbocycles. The van der Waals surface area contributed by atoms with Gasteiger partial charge >= 0.3 is 0 Å². The number of nitrogens with one attached hydrogen (secondary N) is 1. The third kappa shape index (κ3) is 3.52. The van der Waals surface area contributed by atoms with E-state index in [9.17, 15) is 8.42 Å². The molecule has 0 spiro atoms. The van der Waals surface area contributed by atoms with E-state index in [0.717, 1.165) is 3.79 Å². The minimum absolute atomic E-state index is 0.263. The van der Waals surface area contributed by atoms with E-state index in [1.165, 1.54) is 11.3 Å². The van der Waals surface area contributed by atoms with Crippen molar-refractivity contribution in [2.24, 2.45) is 5.14 Å². The quantitative estimate of drug-likeness (QED) is 0.868. The third-order valence-electron chi connectivity index (χ3n) is 1.58. The monoisotopic (exact) mass is 299 g/mol. The molecule has 1 rings (SSSR count). The van der Waals surface area contributed by atoms with Gasteiger partial charge in [0.2, 0.25) is 10.0 Å². The standard InChI is InChI=1S/C6H10BrN3O2S2/c1-4(14(8,11)12)2-9-6-10-3-5(7)13-6/h3-4H,2H2,1H3,(H,9,10)(H2,8,11,12). The van der Waals surface area contributed by atoms with Crippen LogP contribution in [0.2, 0.25) is 0 Å². The first kappa shape index (κ1) is 11.9. The second-order valence-electron chi connectivity index (χ2n) is 2.75. The Morgan fingerprint density at radius 3 is 2.86 bits per heavy atom. The first-order valence-electron chi connectivity index (χ1n) is 3.76. The summed E-state index contributed by atoms with van der Waals surface area (Å²) in [6.07, 6.45) is 1.65. The van der Waals surface area contributed by atoms with Crippen molar-refractivity contribution in [1.29, 1.82) is 0 Å². The lowest BCUT2D eigenvalue weighted by molar-refractivity contribution is 0.587. The van der Waals surface area contributed by atoms with Crippen LogP contribution in [0.5, 0.6) is 0 Å². The topological polar surface area (TPSA) is 85.1 Å². The van der Waals surface area contributed by atoms with Gasteiger partial charge in [-0.25, -0.2) is 18.5 Å². The fourth-order valence-corrected chi connectivity index (χ4v) is 2.11. The number of primary sulfonamides is 1. The van der Waals surface area contributed by atoms with Crippen molar-refractivity contribution < 1.29 is 8.42 Å². The maximum Gasteiger partial charge on any atom is 0.213 e. The summed E-state index contributed by atoms with van der Waals surface area (Å²) in [4.78, 5) is 3.99. The molecule has 1 atom stereocenters. The molecule has 1 unspecified atom stereocenters. The number of sulfonamides is 1. The molecule has 0 aliphatic heterocycles. The highest BCUT2D eigenvalue weighted by molar-refractivity contribution is 9.11. The molecule has 5 nitrogen and oxygen atoms in total. The summed E-state index contributed by atoms with van der Waals surface area (Å²) in [6.45, 7) is 1.81. The number of anilines is 1. The highest BCUT2D eigenvalue weighted by Crippen LogP contribution is 2.22. The normalized spacial score (nSPS) is 13.9. The summed E-state index contributed by atoms with van der Waals surface area (Å²) >= 11 is 4.65. The molecule has 1 aromatic heterocycles. The molecule has 8 heteroatoms. The van der Waals surface area contributed by atoms with Crippen LogP contribution in [-0.2, 0) is 10.0 Å². The summed E-state index contributed by atoms with van der Waals surface area (Å²) in [5.41, 5.74) is 0. The second kappa shape index (κ2) is 4.56. The van der Waals surface area contributed by atoms with Crippen LogP contribution in [-0.4, -0.2) is 25.2 Å². The van der Waals surface area contributed by atoms with E-state index in [4.69, 9.17) is 5.14 Å². The lowest BCUT2D eigenvalue weighted by Crippen LogP contribution is -2.31. The fraction of sp³-hybridized carbons (Fsp3) is 0.500. The average Bonchev–Trinajstić information content (AvgIpc) is 2.45. The van der Waals surface area contributed by atoms with Crippen LogP contribution >= 0.6 is 27.3 Å². The molecule has 0 fully saturated rings. The van der Waals surface area contributed by atoms with Crippen molar-refractivity contribution in [3.63, 3.8) is 0 Å².